The molecule has 1 unspecified atom stereocenters. The molecule has 0 saturated carbocycles. The molecule has 4 nitrogen and oxygen atoms in total. The highest BCUT2D eigenvalue weighted by molar-refractivity contribution is 8.39. The molecule has 0 rings (SSSR count). The lowest BCUT2D eigenvalue weighted by molar-refractivity contribution is 0.111. The Morgan fingerprint density at radius 3 is 2.30 bits per heavy atom. The molecular weight excluding hydrogens is 175 g/mol. The van der Waals surface area contributed by atoms with Crippen molar-refractivity contribution in [2.24, 2.45) is 5.92 Å². The van der Waals surface area contributed by atoms with E-state index in [1.54, 1.807) is 0 Å². The average Bonchev–Trinajstić information content (AvgIpc) is 1.90. The zero-order valence-corrected chi connectivity index (χ0v) is 7.09. The summed E-state index contributed by atoms with van der Waals surface area (Å²) in [6, 6.07) is 0. The van der Waals surface area contributed by atoms with E-state index in [-0.39, 0.29) is 25.7 Å². The van der Waals surface area contributed by atoms with Crippen molar-refractivity contribution in [2.45, 2.75) is 0 Å². The van der Waals surface area contributed by atoms with Crippen molar-refractivity contribution in [2.75, 3.05) is 19.8 Å². The van der Waals surface area contributed by atoms with E-state index in [1.807, 2.05) is 0 Å². The summed E-state index contributed by atoms with van der Waals surface area (Å²) in [7, 11) is -1.92. The molecule has 0 heterocycles. The first-order valence-corrected chi connectivity index (χ1v) is 5.04. The molecule has 0 amide bonds. The Bertz CT molecular complexity index is 105. The lowest BCUT2D eigenvalue weighted by Crippen LogP contribution is -2.15. The van der Waals surface area contributed by atoms with Crippen molar-refractivity contribution in [1.82, 2.24) is 0 Å². The van der Waals surface area contributed by atoms with Crippen LogP contribution in [0.25, 0.3) is 0 Å². The predicted octanol–water partition coefficient (Wildman–Crippen LogP) is 0.191. The average molecular weight is 185 g/mol. The van der Waals surface area contributed by atoms with Gasteiger partial charge in [-0.1, -0.05) is 0 Å². The van der Waals surface area contributed by atoms with Crippen molar-refractivity contribution in [3.63, 3.8) is 0 Å². The third-order valence-corrected chi connectivity index (χ3v) is 1.65. The summed E-state index contributed by atoms with van der Waals surface area (Å²) in [5.74, 6) is -0.355. The minimum atomic E-state index is -1.92. The van der Waals surface area contributed by atoms with E-state index in [4.69, 9.17) is 10.2 Å². The van der Waals surface area contributed by atoms with E-state index in [0.717, 1.165) is 0 Å². The second-order valence-electron chi connectivity index (χ2n) is 1.76. The number of rotatable bonds is 5. The van der Waals surface area contributed by atoms with E-state index >= 15 is 0 Å². The van der Waals surface area contributed by atoms with E-state index in [9.17, 15) is 4.57 Å². The van der Waals surface area contributed by atoms with Crippen molar-refractivity contribution in [1.29, 1.82) is 0 Å². The molecule has 1 atom stereocenters. The summed E-state index contributed by atoms with van der Waals surface area (Å²) in [5, 5.41) is 17.0. The third-order valence-electron chi connectivity index (χ3n) is 0.937. The van der Waals surface area contributed by atoms with Gasteiger partial charge < -0.3 is 10.2 Å². The van der Waals surface area contributed by atoms with Gasteiger partial charge in [-0.05, 0) is 4.57 Å². The molecule has 6 heteroatoms. The molecule has 0 spiro atoms. The van der Waals surface area contributed by atoms with Gasteiger partial charge in [0.1, 0.15) is 18.9 Å². The molecule has 0 aliphatic heterocycles. The number of thiol groups is 1. The maximum absolute atomic E-state index is 10.2. The molecule has 60 valence electrons. The minimum absolute atomic E-state index is 0.0751. The summed E-state index contributed by atoms with van der Waals surface area (Å²) < 4.78 is 14.7. The Morgan fingerprint density at radius 2 is 2.00 bits per heavy atom. The summed E-state index contributed by atoms with van der Waals surface area (Å²) in [6.45, 7) is -0.271. The fourth-order valence-corrected chi connectivity index (χ4v) is 0.871. The van der Waals surface area contributed by atoms with Gasteiger partial charge in [0.05, 0.1) is 13.2 Å². The minimum Gasteiger partial charge on any atom is -0.396 e. The Balaban J connectivity index is 3.34. The van der Waals surface area contributed by atoms with Crippen molar-refractivity contribution >= 4 is 19.5 Å². The first-order valence-electron chi connectivity index (χ1n) is 2.71. The van der Waals surface area contributed by atoms with Crippen molar-refractivity contribution in [3.05, 3.63) is 0 Å². The fourth-order valence-electron chi connectivity index (χ4n) is 0.332. The second-order valence-corrected chi connectivity index (χ2v) is 3.48. The molecular formula is C4H10O4PS+. The highest BCUT2D eigenvalue weighted by Gasteiger charge is 2.14. The summed E-state index contributed by atoms with van der Waals surface area (Å²) in [6.07, 6.45) is 0. The molecule has 0 saturated heterocycles. The van der Waals surface area contributed by atoms with Crippen LogP contribution < -0.4 is 0 Å². The molecule has 0 aromatic heterocycles. The van der Waals surface area contributed by atoms with Crippen LogP contribution in [0.3, 0.4) is 0 Å². The maximum Gasteiger partial charge on any atom is 0.582 e. The SMILES string of the molecule is O=[P+](S)OCC(CO)CO. The van der Waals surface area contributed by atoms with Gasteiger partial charge in [0.2, 0.25) is 0 Å². The van der Waals surface area contributed by atoms with Gasteiger partial charge in [0, 0.05) is 5.92 Å². The molecule has 0 aliphatic rings. The molecule has 0 aromatic carbocycles. The molecule has 0 bridgehead atoms. The van der Waals surface area contributed by atoms with Crippen LogP contribution in [0, 0.1) is 5.92 Å². The topological polar surface area (TPSA) is 66.8 Å². The standard InChI is InChI=1S/C4H9O4PS/c5-1-4(2-6)3-8-9(7)10/h4-6H,1-3H2/p+1. The third kappa shape index (κ3) is 5.14. The summed E-state index contributed by atoms with van der Waals surface area (Å²) in [4.78, 5) is 0. The van der Waals surface area contributed by atoms with Crippen LogP contribution in [0.5, 0.6) is 0 Å². The van der Waals surface area contributed by atoms with Gasteiger partial charge in [-0.15, -0.1) is 4.52 Å². The lowest BCUT2D eigenvalue weighted by atomic mass is 10.2. The molecule has 0 radical (unpaired) electrons. The Morgan fingerprint density at radius 1 is 1.50 bits per heavy atom. The first kappa shape index (κ1) is 10.3. The van der Waals surface area contributed by atoms with Gasteiger partial charge >= 0.3 is 7.23 Å². The number of hydrogen-bond donors (Lipinski definition) is 3. The highest BCUT2D eigenvalue weighted by atomic mass is 32.7. The zero-order valence-electron chi connectivity index (χ0n) is 5.30. The van der Waals surface area contributed by atoms with Crippen LogP contribution >= 0.6 is 19.5 Å². The predicted molar refractivity (Wildman–Crippen MR) is 40.2 cm³/mol. The van der Waals surface area contributed by atoms with Crippen LogP contribution in [-0.4, -0.2) is 30.0 Å². The number of aliphatic hydroxyl groups excluding tert-OH is 2. The van der Waals surface area contributed by atoms with Crippen LogP contribution in [0.4, 0.5) is 0 Å². The highest BCUT2D eigenvalue weighted by Crippen LogP contribution is 2.27. The van der Waals surface area contributed by atoms with Crippen LogP contribution in [0.1, 0.15) is 0 Å². The molecule has 0 aliphatic carbocycles. The summed E-state index contributed by atoms with van der Waals surface area (Å²) >= 11 is 3.47. The van der Waals surface area contributed by atoms with Crippen molar-refractivity contribution in [3.8, 4) is 0 Å². The van der Waals surface area contributed by atoms with Crippen LogP contribution in [0.2, 0.25) is 0 Å². The zero-order chi connectivity index (χ0) is 7.98. The van der Waals surface area contributed by atoms with Gasteiger partial charge in [-0.3, -0.25) is 0 Å². The van der Waals surface area contributed by atoms with Gasteiger partial charge in [-0.25, -0.2) is 0 Å². The van der Waals surface area contributed by atoms with Crippen LogP contribution in [-0.2, 0) is 9.09 Å². The maximum atomic E-state index is 10.2. The van der Waals surface area contributed by atoms with E-state index in [0.29, 0.717) is 0 Å². The largest absolute Gasteiger partial charge is 0.582 e. The van der Waals surface area contributed by atoms with E-state index < -0.39 is 7.23 Å². The molecule has 0 fully saturated rings. The number of hydrogen-bond acceptors (Lipinski definition) is 4. The molecule has 2 N–H and O–H groups in total. The van der Waals surface area contributed by atoms with Crippen molar-refractivity contribution < 1.29 is 19.3 Å². The lowest BCUT2D eigenvalue weighted by Gasteiger charge is -2.03. The van der Waals surface area contributed by atoms with E-state index in [2.05, 4.69) is 16.8 Å². The Hall–Kier alpha value is 0.330. The molecule has 10 heavy (non-hydrogen) atoms. The monoisotopic (exact) mass is 185 g/mol. The molecule has 0 aromatic rings. The number of aliphatic hydroxyl groups is 2. The quantitative estimate of drug-likeness (QED) is 0.422. The summed E-state index contributed by atoms with van der Waals surface area (Å²) in [5.41, 5.74) is 0. The van der Waals surface area contributed by atoms with E-state index in [1.165, 1.54) is 0 Å². The van der Waals surface area contributed by atoms with Gasteiger partial charge in [-0.2, -0.15) is 0 Å². The van der Waals surface area contributed by atoms with Gasteiger partial charge in [0.15, 0.2) is 0 Å². The van der Waals surface area contributed by atoms with Crippen LogP contribution in [0.15, 0.2) is 0 Å². The second kappa shape index (κ2) is 6.07. The Kier molecular flexibility index (Phi) is 6.27. The fraction of sp³-hybridized carbons (Fsp3) is 1.00. The normalized spacial score (nSPS) is 12.2. The van der Waals surface area contributed by atoms with Gasteiger partial charge in [0.25, 0.3) is 0 Å². The smallest absolute Gasteiger partial charge is 0.396 e. The Labute approximate surface area is 65.2 Å². The first-order chi connectivity index (χ1) is 4.70.